The van der Waals surface area contributed by atoms with Crippen molar-refractivity contribution in [3.63, 3.8) is 0 Å². The molecule has 6 heteroatoms. The molecule has 0 aliphatic carbocycles. The van der Waals surface area contributed by atoms with Crippen molar-refractivity contribution in [1.82, 2.24) is 0 Å². The summed E-state index contributed by atoms with van der Waals surface area (Å²) in [6.07, 6.45) is 0. The van der Waals surface area contributed by atoms with E-state index in [2.05, 4.69) is 0 Å². The van der Waals surface area contributed by atoms with Crippen LogP contribution in [0.1, 0.15) is 10.4 Å². The van der Waals surface area contributed by atoms with Gasteiger partial charge >= 0.3 is 5.97 Å². The normalized spacial score (nSPS) is 11.0. The summed E-state index contributed by atoms with van der Waals surface area (Å²) >= 11 is 0. The molecule has 1 rings (SSSR count). The molecule has 0 heterocycles. The van der Waals surface area contributed by atoms with E-state index in [0.717, 1.165) is 0 Å². The molecule has 4 nitrogen and oxygen atoms in total. The zero-order chi connectivity index (χ0) is 11.3. The molecule has 0 fully saturated rings. The lowest BCUT2D eigenvalue weighted by atomic mass is 10.2. The van der Waals surface area contributed by atoms with Crippen LogP contribution >= 0.6 is 10.7 Å². The fourth-order valence-electron chi connectivity index (χ4n) is 0.891. The van der Waals surface area contributed by atoms with E-state index in [9.17, 15) is 13.2 Å². The van der Waals surface area contributed by atoms with E-state index in [0.29, 0.717) is 5.56 Å². The third-order valence-electron chi connectivity index (χ3n) is 1.57. The van der Waals surface area contributed by atoms with Crippen LogP contribution in [0.5, 0.6) is 0 Å². The van der Waals surface area contributed by atoms with Crippen LogP contribution in [-0.4, -0.2) is 26.7 Å². The summed E-state index contributed by atoms with van der Waals surface area (Å²) in [6.45, 7) is -0.237. The Morgan fingerprint density at radius 1 is 1.27 bits per heavy atom. The van der Waals surface area contributed by atoms with Crippen LogP contribution in [0.4, 0.5) is 0 Å². The van der Waals surface area contributed by atoms with Gasteiger partial charge < -0.3 is 4.74 Å². The molecule has 0 aliphatic heterocycles. The van der Waals surface area contributed by atoms with Gasteiger partial charge in [0.25, 0.3) is 0 Å². The maximum atomic E-state index is 11.3. The molecule has 15 heavy (non-hydrogen) atoms. The second-order valence-electron chi connectivity index (χ2n) is 2.74. The van der Waals surface area contributed by atoms with Crippen molar-refractivity contribution >= 4 is 25.7 Å². The van der Waals surface area contributed by atoms with Crippen molar-refractivity contribution in [2.75, 3.05) is 12.4 Å². The summed E-state index contributed by atoms with van der Waals surface area (Å²) < 4.78 is 25.7. The summed E-state index contributed by atoms with van der Waals surface area (Å²) in [6, 6.07) is 8.30. The van der Waals surface area contributed by atoms with Gasteiger partial charge in [-0.3, -0.25) is 0 Å². The number of hydrogen-bond acceptors (Lipinski definition) is 4. The quantitative estimate of drug-likeness (QED) is 0.597. The van der Waals surface area contributed by atoms with E-state index in [1.165, 1.54) is 0 Å². The van der Waals surface area contributed by atoms with Crippen LogP contribution in [0.25, 0.3) is 0 Å². The Morgan fingerprint density at radius 3 is 2.40 bits per heavy atom. The Morgan fingerprint density at radius 2 is 1.87 bits per heavy atom. The third-order valence-corrected chi connectivity index (χ3v) is 2.69. The van der Waals surface area contributed by atoms with Gasteiger partial charge in [0, 0.05) is 10.7 Å². The molecule has 0 amide bonds. The summed E-state index contributed by atoms with van der Waals surface area (Å²) in [5, 5.41) is 0. The number of carbonyl (C=O) groups is 1. The van der Waals surface area contributed by atoms with Crippen molar-refractivity contribution in [3.8, 4) is 0 Å². The standard InChI is InChI=1S/C9H9ClO4S/c10-15(12,13)7-6-14-9(11)8-4-2-1-3-5-8/h1-5H,6-7H2. The fourth-order valence-corrected chi connectivity index (χ4v) is 1.36. The highest BCUT2D eigenvalue weighted by atomic mass is 35.7. The van der Waals surface area contributed by atoms with Crippen molar-refractivity contribution < 1.29 is 17.9 Å². The Balaban J connectivity index is 2.45. The smallest absolute Gasteiger partial charge is 0.338 e. The molecule has 0 spiro atoms. The third kappa shape index (κ3) is 4.80. The van der Waals surface area contributed by atoms with E-state index in [4.69, 9.17) is 15.4 Å². The van der Waals surface area contributed by atoms with E-state index in [-0.39, 0.29) is 12.4 Å². The van der Waals surface area contributed by atoms with Crippen LogP contribution in [0.3, 0.4) is 0 Å². The fraction of sp³-hybridized carbons (Fsp3) is 0.222. The Labute approximate surface area is 92.2 Å². The molecule has 0 bridgehead atoms. The van der Waals surface area contributed by atoms with Crippen molar-refractivity contribution in [2.24, 2.45) is 0 Å². The first-order chi connectivity index (χ1) is 6.99. The Bertz CT molecular complexity index is 427. The minimum atomic E-state index is -3.61. The zero-order valence-corrected chi connectivity index (χ0v) is 9.29. The maximum absolute atomic E-state index is 11.3. The molecule has 0 unspecified atom stereocenters. The van der Waals surface area contributed by atoms with E-state index in [1.54, 1.807) is 30.3 Å². The number of rotatable bonds is 4. The molecule has 0 atom stereocenters. The van der Waals surface area contributed by atoms with Gasteiger partial charge in [0.1, 0.15) is 6.61 Å². The van der Waals surface area contributed by atoms with Gasteiger partial charge in [-0.25, -0.2) is 13.2 Å². The molecule has 0 N–H and O–H groups in total. The predicted octanol–water partition coefficient (Wildman–Crippen LogP) is 1.41. The second kappa shape index (κ2) is 5.14. The number of halogens is 1. The first-order valence-electron chi connectivity index (χ1n) is 4.13. The van der Waals surface area contributed by atoms with Gasteiger partial charge in [-0.15, -0.1) is 0 Å². The van der Waals surface area contributed by atoms with Gasteiger partial charge in [0.05, 0.1) is 11.3 Å². The minimum Gasteiger partial charge on any atom is -0.461 e. The van der Waals surface area contributed by atoms with E-state index < -0.39 is 15.0 Å². The lowest BCUT2D eigenvalue weighted by Crippen LogP contribution is -2.12. The summed E-state index contributed by atoms with van der Waals surface area (Å²) in [7, 11) is 1.34. The maximum Gasteiger partial charge on any atom is 0.338 e. The summed E-state index contributed by atoms with van der Waals surface area (Å²) in [5.74, 6) is -0.941. The first kappa shape index (κ1) is 12.0. The van der Waals surface area contributed by atoms with Crippen molar-refractivity contribution in [1.29, 1.82) is 0 Å². The average Bonchev–Trinajstić information content (AvgIpc) is 2.17. The molecule has 0 aromatic heterocycles. The monoisotopic (exact) mass is 248 g/mol. The number of benzene rings is 1. The predicted molar refractivity (Wildman–Crippen MR) is 56.4 cm³/mol. The molecule has 1 aromatic carbocycles. The van der Waals surface area contributed by atoms with Crippen LogP contribution in [0.15, 0.2) is 30.3 Å². The molecule has 82 valence electrons. The molecule has 0 saturated heterocycles. The van der Waals surface area contributed by atoms with Crippen molar-refractivity contribution in [3.05, 3.63) is 35.9 Å². The van der Waals surface area contributed by atoms with Crippen LogP contribution in [-0.2, 0) is 13.8 Å². The largest absolute Gasteiger partial charge is 0.461 e. The van der Waals surface area contributed by atoms with Gasteiger partial charge in [0.15, 0.2) is 0 Å². The molecule has 0 saturated carbocycles. The van der Waals surface area contributed by atoms with Gasteiger partial charge in [-0.05, 0) is 12.1 Å². The Kier molecular flexibility index (Phi) is 4.11. The van der Waals surface area contributed by atoms with Gasteiger partial charge in [-0.1, -0.05) is 18.2 Å². The summed E-state index contributed by atoms with van der Waals surface area (Å²) in [5.41, 5.74) is 0.379. The van der Waals surface area contributed by atoms with E-state index in [1.807, 2.05) is 0 Å². The van der Waals surface area contributed by atoms with Crippen LogP contribution in [0, 0.1) is 0 Å². The number of esters is 1. The molecule has 1 aromatic rings. The number of hydrogen-bond donors (Lipinski definition) is 0. The average molecular weight is 249 g/mol. The molecular weight excluding hydrogens is 240 g/mol. The first-order valence-corrected chi connectivity index (χ1v) is 6.61. The second-order valence-corrected chi connectivity index (χ2v) is 5.64. The lowest BCUT2D eigenvalue weighted by molar-refractivity contribution is 0.0529. The van der Waals surface area contributed by atoms with Gasteiger partial charge in [0.2, 0.25) is 9.05 Å². The zero-order valence-electron chi connectivity index (χ0n) is 7.72. The van der Waals surface area contributed by atoms with Crippen LogP contribution < -0.4 is 0 Å². The topological polar surface area (TPSA) is 60.4 Å². The van der Waals surface area contributed by atoms with Gasteiger partial charge in [-0.2, -0.15) is 0 Å². The highest BCUT2D eigenvalue weighted by Crippen LogP contribution is 2.02. The SMILES string of the molecule is O=C(OCCS(=O)(=O)Cl)c1ccccc1. The van der Waals surface area contributed by atoms with Crippen molar-refractivity contribution in [2.45, 2.75) is 0 Å². The molecular formula is C9H9ClO4S. The lowest BCUT2D eigenvalue weighted by Gasteiger charge is -2.02. The summed E-state index contributed by atoms with van der Waals surface area (Å²) in [4.78, 5) is 11.3. The van der Waals surface area contributed by atoms with E-state index >= 15 is 0 Å². The minimum absolute atomic E-state index is 0.237. The Hall–Kier alpha value is -1.07. The number of ether oxygens (including phenoxy) is 1. The molecule has 0 aliphatic rings. The number of carbonyl (C=O) groups excluding carboxylic acids is 1. The van der Waals surface area contributed by atoms with Crippen LogP contribution in [0.2, 0.25) is 0 Å². The highest BCUT2D eigenvalue weighted by Gasteiger charge is 2.09. The molecule has 0 radical (unpaired) electrons. The highest BCUT2D eigenvalue weighted by molar-refractivity contribution is 8.13.